The highest BCUT2D eigenvalue weighted by molar-refractivity contribution is 6.30. The van der Waals surface area contributed by atoms with Gasteiger partial charge in [-0.25, -0.2) is 4.98 Å². The van der Waals surface area contributed by atoms with E-state index in [1.807, 2.05) is 24.3 Å². The number of benzene rings is 1. The van der Waals surface area contributed by atoms with Crippen molar-refractivity contribution in [2.24, 2.45) is 0 Å². The lowest BCUT2D eigenvalue weighted by atomic mass is 10.1. The molecule has 0 saturated carbocycles. The Morgan fingerprint density at radius 1 is 1.35 bits per heavy atom. The van der Waals surface area contributed by atoms with Gasteiger partial charge in [0.05, 0.1) is 11.3 Å². The number of nitrogens with zero attached hydrogens (tertiary/aromatic N) is 2. The minimum absolute atomic E-state index is 0.131. The number of halogens is 1. The molecule has 104 valence electrons. The van der Waals surface area contributed by atoms with Gasteiger partial charge >= 0.3 is 0 Å². The number of rotatable bonds is 2. The van der Waals surface area contributed by atoms with E-state index >= 15 is 0 Å². The first-order valence-electron chi connectivity index (χ1n) is 6.46. The number of anilines is 1. The quantitative estimate of drug-likeness (QED) is 0.880. The summed E-state index contributed by atoms with van der Waals surface area (Å²) in [5.74, 6) is 0.194. The number of aromatic nitrogens is 2. The number of hydrogen-bond donors (Lipinski definition) is 2. The van der Waals surface area contributed by atoms with Gasteiger partial charge in [-0.15, -0.1) is 0 Å². The van der Waals surface area contributed by atoms with Crippen molar-refractivity contribution in [3.8, 4) is 0 Å². The maximum Gasteiger partial charge on any atom is 0.257 e. The molecular weight excluding hydrogens is 276 g/mol. The Hall–Kier alpha value is -1.85. The summed E-state index contributed by atoms with van der Waals surface area (Å²) < 4.78 is 0. The summed E-state index contributed by atoms with van der Waals surface area (Å²) in [5, 5.41) is 0.730. The van der Waals surface area contributed by atoms with Crippen LogP contribution in [0, 0.1) is 0 Å². The van der Waals surface area contributed by atoms with Gasteiger partial charge < -0.3 is 5.73 Å². The zero-order valence-corrected chi connectivity index (χ0v) is 11.7. The van der Waals surface area contributed by atoms with Crippen LogP contribution in [-0.4, -0.2) is 21.4 Å². The van der Waals surface area contributed by atoms with E-state index in [0.29, 0.717) is 6.54 Å². The summed E-state index contributed by atoms with van der Waals surface area (Å²) in [6.45, 7) is 2.26. The van der Waals surface area contributed by atoms with E-state index in [9.17, 15) is 4.79 Å². The summed E-state index contributed by atoms with van der Waals surface area (Å²) in [6.07, 6.45) is 0.747. The normalized spacial score (nSPS) is 15.1. The third-order valence-electron chi connectivity index (χ3n) is 3.49. The molecule has 2 heterocycles. The molecule has 0 amide bonds. The molecule has 1 aromatic carbocycles. The fourth-order valence-electron chi connectivity index (χ4n) is 2.48. The third kappa shape index (κ3) is 2.69. The van der Waals surface area contributed by atoms with E-state index in [4.69, 9.17) is 17.3 Å². The lowest BCUT2D eigenvalue weighted by Gasteiger charge is -2.27. The van der Waals surface area contributed by atoms with Crippen LogP contribution in [0.3, 0.4) is 0 Å². The summed E-state index contributed by atoms with van der Waals surface area (Å²) in [7, 11) is 0. The van der Waals surface area contributed by atoms with Crippen molar-refractivity contribution in [3.05, 3.63) is 56.5 Å². The van der Waals surface area contributed by atoms with E-state index in [0.717, 1.165) is 35.8 Å². The Morgan fingerprint density at radius 2 is 2.10 bits per heavy atom. The molecule has 1 aliphatic rings. The third-order valence-corrected chi connectivity index (χ3v) is 3.74. The molecule has 1 aliphatic heterocycles. The largest absolute Gasteiger partial charge is 0.369 e. The maximum absolute atomic E-state index is 11.9. The number of nitrogens with two attached hydrogens (primary N) is 1. The summed E-state index contributed by atoms with van der Waals surface area (Å²) in [4.78, 5) is 20.9. The predicted octanol–water partition coefficient (Wildman–Crippen LogP) is 1.56. The molecule has 1 aromatic heterocycles. The number of H-pyrrole nitrogens is 1. The Labute approximate surface area is 121 Å². The van der Waals surface area contributed by atoms with Gasteiger partial charge in [0.15, 0.2) is 0 Å². The van der Waals surface area contributed by atoms with Gasteiger partial charge in [0.1, 0.15) is 0 Å². The van der Waals surface area contributed by atoms with Crippen LogP contribution in [0.4, 0.5) is 5.95 Å². The minimum Gasteiger partial charge on any atom is -0.369 e. The average molecular weight is 291 g/mol. The van der Waals surface area contributed by atoms with Crippen molar-refractivity contribution in [2.75, 3.05) is 12.3 Å². The number of fused-ring (bicyclic) bond motifs is 1. The molecule has 2 aromatic rings. The lowest BCUT2D eigenvalue weighted by Crippen LogP contribution is -2.35. The van der Waals surface area contributed by atoms with Crippen molar-refractivity contribution in [3.63, 3.8) is 0 Å². The Kier molecular flexibility index (Phi) is 3.46. The predicted molar refractivity (Wildman–Crippen MR) is 78.5 cm³/mol. The van der Waals surface area contributed by atoms with Crippen LogP contribution in [0.5, 0.6) is 0 Å². The summed E-state index contributed by atoms with van der Waals surface area (Å²) in [5.41, 5.74) is 8.15. The highest BCUT2D eigenvalue weighted by Gasteiger charge is 2.20. The summed E-state index contributed by atoms with van der Waals surface area (Å²) in [6, 6.07) is 7.76. The fourth-order valence-corrected chi connectivity index (χ4v) is 2.61. The van der Waals surface area contributed by atoms with Crippen molar-refractivity contribution >= 4 is 17.5 Å². The van der Waals surface area contributed by atoms with Crippen LogP contribution in [0.15, 0.2) is 29.1 Å². The SMILES string of the molecule is Nc1nc2c(c(=O)[nH]1)CN(Cc1ccc(Cl)cc1)CC2. The van der Waals surface area contributed by atoms with Gasteiger partial charge in [-0.05, 0) is 17.7 Å². The van der Waals surface area contributed by atoms with Crippen LogP contribution in [0.25, 0.3) is 0 Å². The smallest absolute Gasteiger partial charge is 0.257 e. The first-order chi connectivity index (χ1) is 9.61. The minimum atomic E-state index is -0.131. The van der Waals surface area contributed by atoms with Gasteiger partial charge in [0, 0.05) is 31.1 Å². The van der Waals surface area contributed by atoms with Crippen molar-refractivity contribution in [1.82, 2.24) is 14.9 Å². The topological polar surface area (TPSA) is 75.0 Å². The molecule has 0 fully saturated rings. The van der Waals surface area contributed by atoms with Crippen molar-refractivity contribution in [2.45, 2.75) is 19.5 Å². The van der Waals surface area contributed by atoms with Gasteiger partial charge in [0.25, 0.3) is 5.56 Å². The molecule has 0 unspecified atom stereocenters. The molecule has 5 nitrogen and oxygen atoms in total. The van der Waals surface area contributed by atoms with E-state index < -0.39 is 0 Å². The monoisotopic (exact) mass is 290 g/mol. The number of aromatic amines is 1. The van der Waals surface area contributed by atoms with E-state index in [2.05, 4.69) is 14.9 Å². The highest BCUT2D eigenvalue weighted by atomic mass is 35.5. The maximum atomic E-state index is 11.9. The molecule has 6 heteroatoms. The van der Waals surface area contributed by atoms with E-state index in [1.54, 1.807) is 0 Å². The average Bonchev–Trinajstić information content (AvgIpc) is 2.42. The molecule has 3 N–H and O–H groups in total. The van der Waals surface area contributed by atoms with Crippen LogP contribution in [0.2, 0.25) is 5.02 Å². The van der Waals surface area contributed by atoms with Crippen molar-refractivity contribution < 1.29 is 0 Å². The molecule has 0 saturated heterocycles. The van der Waals surface area contributed by atoms with Crippen molar-refractivity contribution in [1.29, 1.82) is 0 Å². The molecule has 0 spiro atoms. The van der Waals surface area contributed by atoms with E-state index in [-0.39, 0.29) is 11.5 Å². The number of hydrogen-bond acceptors (Lipinski definition) is 4. The number of nitrogen functional groups attached to an aromatic ring is 1. The molecule has 0 bridgehead atoms. The number of nitrogens with one attached hydrogen (secondary N) is 1. The first kappa shape index (κ1) is 13.1. The Balaban J connectivity index is 1.79. The standard InChI is InChI=1S/C14H15ClN4O/c15-10-3-1-9(2-4-10)7-19-6-5-12-11(8-19)13(20)18-14(16)17-12/h1-4H,5-8H2,(H3,16,17,18,20). The molecule has 0 aliphatic carbocycles. The van der Waals surface area contributed by atoms with Gasteiger partial charge in [0.2, 0.25) is 5.95 Å². The Bertz CT molecular complexity index is 681. The zero-order valence-electron chi connectivity index (χ0n) is 10.9. The van der Waals surface area contributed by atoms with Gasteiger partial charge in [-0.1, -0.05) is 23.7 Å². The van der Waals surface area contributed by atoms with Crippen LogP contribution in [0.1, 0.15) is 16.8 Å². The van der Waals surface area contributed by atoms with Gasteiger partial charge in [-0.2, -0.15) is 0 Å². The fraction of sp³-hybridized carbons (Fsp3) is 0.286. The van der Waals surface area contributed by atoms with Crippen LogP contribution < -0.4 is 11.3 Å². The van der Waals surface area contributed by atoms with Gasteiger partial charge in [-0.3, -0.25) is 14.7 Å². The molecular formula is C14H15ClN4O. The molecule has 0 radical (unpaired) electrons. The van der Waals surface area contributed by atoms with Crippen LogP contribution >= 0.6 is 11.6 Å². The second kappa shape index (κ2) is 5.26. The Morgan fingerprint density at radius 3 is 2.85 bits per heavy atom. The van der Waals surface area contributed by atoms with E-state index in [1.165, 1.54) is 5.56 Å². The first-order valence-corrected chi connectivity index (χ1v) is 6.84. The second-order valence-electron chi connectivity index (χ2n) is 4.96. The molecule has 20 heavy (non-hydrogen) atoms. The molecule has 0 atom stereocenters. The highest BCUT2D eigenvalue weighted by Crippen LogP contribution is 2.17. The second-order valence-corrected chi connectivity index (χ2v) is 5.40. The molecule has 3 rings (SSSR count). The lowest BCUT2D eigenvalue weighted by molar-refractivity contribution is 0.242. The summed E-state index contributed by atoms with van der Waals surface area (Å²) >= 11 is 5.88. The zero-order chi connectivity index (χ0) is 14.1. The van der Waals surface area contributed by atoms with Crippen LogP contribution in [-0.2, 0) is 19.5 Å².